The summed E-state index contributed by atoms with van der Waals surface area (Å²) in [4.78, 5) is 6.37. The predicted molar refractivity (Wildman–Crippen MR) is 89.1 cm³/mol. The molecule has 0 unspecified atom stereocenters. The summed E-state index contributed by atoms with van der Waals surface area (Å²) in [5, 5.41) is 16.5. The van der Waals surface area contributed by atoms with Crippen LogP contribution in [-0.4, -0.2) is 25.3 Å². The van der Waals surface area contributed by atoms with Gasteiger partial charge in [0, 0.05) is 39.0 Å². The van der Waals surface area contributed by atoms with Crippen molar-refractivity contribution < 1.29 is 0 Å². The average molecular weight is 294 g/mol. The number of hydrogen-bond donors (Lipinski definition) is 1. The highest BCUT2D eigenvalue weighted by molar-refractivity contribution is 5.80. The van der Waals surface area contributed by atoms with E-state index in [9.17, 15) is 0 Å². The summed E-state index contributed by atoms with van der Waals surface area (Å²) < 4.78 is 0. The summed E-state index contributed by atoms with van der Waals surface area (Å²) in [6.45, 7) is 7.00. The monoisotopic (exact) mass is 294 g/mol. The van der Waals surface area contributed by atoms with Gasteiger partial charge in [0.05, 0.1) is 6.21 Å². The molecular formula is C16H18N6. The van der Waals surface area contributed by atoms with Gasteiger partial charge < -0.3 is 10.7 Å². The molecule has 0 bridgehead atoms. The lowest BCUT2D eigenvalue weighted by Crippen LogP contribution is -2.09. The van der Waals surface area contributed by atoms with E-state index < -0.39 is 0 Å². The molecule has 0 saturated carbocycles. The highest BCUT2D eigenvalue weighted by atomic mass is 15.1. The van der Waals surface area contributed by atoms with Crippen molar-refractivity contribution in [2.24, 2.45) is 10.9 Å². The van der Waals surface area contributed by atoms with Gasteiger partial charge in [0.15, 0.2) is 0 Å². The van der Waals surface area contributed by atoms with Crippen molar-refractivity contribution in [3.05, 3.63) is 48.2 Å². The third-order valence-electron chi connectivity index (χ3n) is 2.67. The molecule has 6 nitrogen and oxygen atoms in total. The normalized spacial score (nSPS) is 9.00. The number of hydrazone groups is 1. The highest BCUT2D eigenvalue weighted by Crippen LogP contribution is 2.20. The van der Waals surface area contributed by atoms with Gasteiger partial charge in [0.2, 0.25) is 0 Å². The quantitative estimate of drug-likeness (QED) is 0.532. The number of rotatable bonds is 3. The molecule has 0 spiro atoms. The van der Waals surface area contributed by atoms with Crippen molar-refractivity contribution in [3.8, 4) is 24.3 Å². The zero-order valence-corrected chi connectivity index (χ0v) is 12.6. The molecule has 0 fully saturated rings. The van der Waals surface area contributed by atoms with Crippen LogP contribution in [0.5, 0.6) is 0 Å². The SMILES string of the molecule is C#N.C#N.CN(C)c1ccc(-c2ccc(C=NN)cc2)cn1. The van der Waals surface area contributed by atoms with Crippen LogP contribution in [-0.2, 0) is 0 Å². The van der Waals surface area contributed by atoms with E-state index in [1.807, 2.05) is 55.5 Å². The second-order valence-corrected chi connectivity index (χ2v) is 4.20. The molecule has 0 aliphatic heterocycles. The third-order valence-corrected chi connectivity index (χ3v) is 2.67. The average Bonchev–Trinajstić information content (AvgIpc) is 2.59. The molecule has 0 aliphatic rings. The van der Waals surface area contributed by atoms with Gasteiger partial charge in [-0.3, -0.25) is 0 Å². The van der Waals surface area contributed by atoms with Crippen LogP contribution in [0.1, 0.15) is 5.56 Å². The van der Waals surface area contributed by atoms with Crippen LogP contribution in [0.4, 0.5) is 5.82 Å². The summed E-state index contributed by atoms with van der Waals surface area (Å²) in [5.74, 6) is 6.06. The largest absolute Gasteiger partial charge is 0.363 e. The second kappa shape index (κ2) is 10.4. The molecule has 1 aromatic heterocycles. The lowest BCUT2D eigenvalue weighted by atomic mass is 10.1. The van der Waals surface area contributed by atoms with Crippen LogP contribution in [0.3, 0.4) is 0 Å². The number of nitrogens with zero attached hydrogens (tertiary/aromatic N) is 5. The maximum Gasteiger partial charge on any atom is 0.127 e. The molecule has 0 saturated heterocycles. The van der Waals surface area contributed by atoms with Gasteiger partial charge in [-0.25, -0.2) is 15.5 Å². The lowest BCUT2D eigenvalue weighted by Gasteiger charge is -2.11. The molecule has 2 N–H and O–H groups in total. The Morgan fingerprint density at radius 2 is 1.55 bits per heavy atom. The first-order chi connectivity index (χ1) is 10.7. The number of anilines is 1. The van der Waals surface area contributed by atoms with Crippen molar-refractivity contribution in [1.82, 2.24) is 4.98 Å². The summed E-state index contributed by atoms with van der Waals surface area (Å²) >= 11 is 0. The molecule has 0 radical (unpaired) electrons. The Labute approximate surface area is 130 Å². The molecule has 0 amide bonds. The summed E-state index contributed by atoms with van der Waals surface area (Å²) in [6, 6.07) is 12.1. The predicted octanol–water partition coefficient (Wildman–Crippen LogP) is 2.39. The van der Waals surface area contributed by atoms with Crippen molar-refractivity contribution in [1.29, 1.82) is 10.5 Å². The molecule has 2 aromatic rings. The van der Waals surface area contributed by atoms with Crippen molar-refractivity contribution >= 4 is 12.0 Å². The minimum absolute atomic E-state index is 0.950. The molecule has 2 rings (SSSR count). The van der Waals surface area contributed by atoms with Crippen LogP contribution >= 0.6 is 0 Å². The zero-order chi connectivity index (χ0) is 17.0. The van der Waals surface area contributed by atoms with Gasteiger partial charge in [-0.15, -0.1) is 0 Å². The van der Waals surface area contributed by atoms with E-state index in [0.29, 0.717) is 0 Å². The number of nitrogens with two attached hydrogens (primary N) is 1. The minimum Gasteiger partial charge on any atom is -0.363 e. The van der Waals surface area contributed by atoms with Crippen LogP contribution in [0, 0.1) is 23.7 Å². The van der Waals surface area contributed by atoms with E-state index >= 15 is 0 Å². The third kappa shape index (κ3) is 5.32. The molecule has 1 heterocycles. The number of aromatic nitrogens is 1. The van der Waals surface area contributed by atoms with E-state index in [0.717, 1.165) is 22.5 Å². The fourth-order valence-electron chi connectivity index (χ4n) is 1.67. The second-order valence-electron chi connectivity index (χ2n) is 4.20. The Hall–Kier alpha value is -3.38. The topological polar surface area (TPSA) is 102 Å². The Balaban J connectivity index is 0.00000102. The summed E-state index contributed by atoms with van der Waals surface area (Å²) in [5.41, 5.74) is 3.21. The van der Waals surface area contributed by atoms with E-state index in [1.165, 1.54) is 0 Å². The van der Waals surface area contributed by atoms with Crippen molar-refractivity contribution in [3.63, 3.8) is 0 Å². The van der Waals surface area contributed by atoms with E-state index in [-0.39, 0.29) is 0 Å². The minimum atomic E-state index is 0.950. The fraction of sp³-hybridized carbons (Fsp3) is 0.125. The van der Waals surface area contributed by atoms with Crippen LogP contribution in [0.2, 0.25) is 0 Å². The number of hydrogen-bond acceptors (Lipinski definition) is 6. The highest BCUT2D eigenvalue weighted by Gasteiger charge is 2.00. The maximum absolute atomic E-state index is 6.50. The summed E-state index contributed by atoms with van der Waals surface area (Å²) in [6.07, 6.45) is 3.50. The Kier molecular flexibility index (Phi) is 8.81. The van der Waals surface area contributed by atoms with Crippen molar-refractivity contribution in [2.45, 2.75) is 0 Å². The van der Waals surface area contributed by atoms with Crippen molar-refractivity contribution in [2.75, 3.05) is 19.0 Å². The number of benzene rings is 1. The standard InChI is InChI=1S/C14H16N4.2CHN/c1-18(2)14-8-7-13(10-16-14)12-5-3-11(4-6-12)9-17-15;2*1-2/h3-10H,15H2,1-2H3;2*1H. The number of nitriles is 2. The molecule has 0 aliphatic carbocycles. The van der Waals surface area contributed by atoms with Gasteiger partial charge in [0.1, 0.15) is 5.82 Å². The Morgan fingerprint density at radius 1 is 1.00 bits per heavy atom. The first kappa shape index (κ1) is 18.6. The molecule has 112 valence electrons. The Bertz CT molecular complexity index is 603. The molecule has 1 aromatic carbocycles. The molecule has 22 heavy (non-hydrogen) atoms. The van der Waals surface area contributed by atoms with E-state index in [1.54, 1.807) is 6.21 Å². The summed E-state index contributed by atoms with van der Waals surface area (Å²) in [7, 11) is 3.95. The zero-order valence-electron chi connectivity index (χ0n) is 12.6. The van der Waals surface area contributed by atoms with Crippen LogP contribution < -0.4 is 10.7 Å². The smallest absolute Gasteiger partial charge is 0.127 e. The van der Waals surface area contributed by atoms with E-state index in [2.05, 4.69) is 29.3 Å². The molecule has 6 heteroatoms. The fourth-order valence-corrected chi connectivity index (χ4v) is 1.67. The van der Waals surface area contributed by atoms with Gasteiger partial charge >= 0.3 is 0 Å². The van der Waals surface area contributed by atoms with E-state index in [4.69, 9.17) is 16.4 Å². The first-order valence-corrected chi connectivity index (χ1v) is 6.19. The molecular weight excluding hydrogens is 276 g/mol. The lowest BCUT2D eigenvalue weighted by molar-refractivity contribution is 1.07. The molecule has 0 atom stereocenters. The Morgan fingerprint density at radius 3 is 1.95 bits per heavy atom. The first-order valence-electron chi connectivity index (χ1n) is 6.19. The van der Waals surface area contributed by atoms with Gasteiger partial charge in [-0.2, -0.15) is 5.10 Å². The van der Waals surface area contributed by atoms with Gasteiger partial charge in [0.25, 0.3) is 0 Å². The maximum atomic E-state index is 6.50. The van der Waals surface area contributed by atoms with Crippen LogP contribution in [0.25, 0.3) is 11.1 Å². The van der Waals surface area contributed by atoms with Gasteiger partial charge in [-0.05, 0) is 23.3 Å². The van der Waals surface area contributed by atoms with Crippen LogP contribution in [0.15, 0.2) is 47.7 Å². The van der Waals surface area contributed by atoms with Gasteiger partial charge in [-0.1, -0.05) is 24.3 Å². The number of pyridine rings is 1.